The Balaban J connectivity index is 2.50. The SMILES string of the molecule is COc1ccc(Cl)c2nc3ccccc3nc12. The lowest BCUT2D eigenvalue weighted by molar-refractivity contribution is 0.419. The minimum absolute atomic E-state index is 0.582. The van der Waals surface area contributed by atoms with Gasteiger partial charge in [-0.25, -0.2) is 9.97 Å². The summed E-state index contributed by atoms with van der Waals surface area (Å²) in [4.78, 5) is 9.05. The molecule has 17 heavy (non-hydrogen) atoms. The van der Waals surface area contributed by atoms with Gasteiger partial charge in [-0.1, -0.05) is 23.7 Å². The number of para-hydroxylation sites is 2. The Kier molecular flexibility index (Phi) is 2.34. The van der Waals surface area contributed by atoms with E-state index in [0.717, 1.165) is 11.0 Å². The smallest absolute Gasteiger partial charge is 0.146 e. The van der Waals surface area contributed by atoms with Gasteiger partial charge in [-0.05, 0) is 24.3 Å². The van der Waals surface area contributed by atoms with E-state index < -0.39 is 0 Å². The molecule has 3 aromatic rings. The Morgan fingerprint density at radius 1 is 0.941 bits per heavy atom. The lowest BCUT2D eigenvalue weighted by atomic mass is 10.2. The number of halogens is 1. The molecule has 2 aromatic carbocycles. The number of fused-ring (bicyclic) bond motifs is 2. The molecule has 0 aliphatic heterocycles. The maximum Gasteiger partial charge on any atom is 0.146 e. The number of rotatable bonds is 1. The van der Waals surface area contributed by atoms with Crippen molar-refractivity contribution in [1.82, 2.24) is 9.97 Å². The van der Waals surface area contributed by atoms with Gasteiger partial charge >= 0.3 is 0 Å². The summed E-state index contributed by atoms with van der Waals surface area (Å²) in [5, 5.41) is 0.582. The Hall–Kier alpha value is -1.87. The van der Waals surface area contributed by atoms with Gasteiger partial charge in [0.2, 0.25) is 0 Å². The zero-order valence-corrected chi connectivity index (χ0v) is 9.90. The minimum Gasteiger partial charge on any atom is -0.494 e. The van der Waals surface area contributed by atoms with E-state index in [9.17, 15) is 0 Å². The van der Waals surface area contributed by atoms with Gasteiger partial charge in [-0.3, -0.25) is 0 Å². The third-order valence-corrected chi connectivity index (χ3v) is 2.94. The number of benzene rings is 2. The van der Waals surface area contributed by atoms with E-state index in [4.69, 9.17) is 16.3 Å². The highest BCUT2D eigenvalue weighted by molar-refractivity contribution is 6.35. The first-order chi connectivity index (χ1) is 8.29. The maximum absolute atomic E-state index is 6.13. The highest BCUT2D eigenvalue weighted by Gasteiger charge is 2.09. The van der Waals surface area contributed by atoms with Gasteiger partial charge in [-0.2, -0.15) is 0 Å². The van der Waals surface area contributed by atoms with E-state index in [1.165, 1.54) is 0 Å². The average molecular weight is 245 g/mol. The molecule has 0 bridgehead atoms. The molecule has 84 valence electrons. The van der Waals surface area contributed by atoms with Crippen LogP contribution in [-0.4, -0.2) is 17.1 Å². The van der Waals surface area contributed by atoms with Crippen LogP contribution in [0.4, 0.5) is 0 Å². The molecule has 0 spiro atoms. The summed E-state index contributed by atoms with van der Waals surface area (Å²) in [7, 11) is 1.61. The molecule has 0 aliphatic carbocycles. The van der Waals surface area contributed by atoms with Crippen molar-refractivity contribution in [2.75, 3.05) is 7.11 Å². The van der Waals surface area contributed by atoms with Crippen LogP contribution in [0.2, 0.25) is 5.02 Å². The van der Waals surface area contributed by atoms with Crippen molar-refractivity contribution in [3.8, 4) is 5.75 Å². The topological polar surface area (TPSA) is 35.0 Å². The molecule has 0 atom stereocenters. The van der Waals surface area contributed by atoms with Crippen molar-refractivity contribution in [2.45, 2.75) is 0 Å². The Morgan fingerprint density at radius 2 is 1.59 bits per heavy atom. The van der Waals surface area contributed by atoms with Crippen LogP contribution in [0.3, 0.4) is 0 Å². The second-order valence-electron chi connectivity index (χ2n) is 3.66. The van der Waals surface area contributed by atoms with Gasteiger partial charge in [0.15, 0.2) is 0 Å². The zero-order chi connectivity index (χ0) is 11.8. The van der Waals surface area contributed by atoms with Crippen molar-refractivity contribution in [2.24, 2.45) is 0 Å². The molecule has 4 heteroatoms. The first-order valence-corrected chi connectivity index (χ1v) is 5.56. The summed E-state index contributed by atoms with van der Waals surface area (Å²) >= 11 is 6.13. The second kappa shape index (κ2) is 3.86. The quantitative estimate of drug-likeness (QED) is 0.615. The third-order valence-electron chi connectivity index (χ3n) is 2.63. The van der Waals surface area contributed by atoms with Crippen molar-refractivity contribution < 1.29 is 4.74 Å². The molecule has 0 aliphatic rings. The molecule has 0 N–H and O–H groups in total. The molecule has 1 heterocycles. The summed E-state index contributed by atoms with van der Waals surface area (Å²) < 4.78 is 5.27. The van der Waals surface area contributed by atoms with E-state index in [0.29, 0.717) is 21.8 Å². The van der Waals surface area contributed by atoms with Gasteiger partial charge in [0.1, 0.15) is 16.8 Å². The van der Waals surface area contributed by atoms with Crippen molar-refractivity contribution in [1.29, 1.82) is 0 Å². The largest absolute Gasteiger partial charge is 0.494 e. The fourth-order valence-corrected chi connectivity index (χ4v) is 2.00. The molecule has 0 fully saturated rings. The van der Waals surface area contributed by atoms with E-state index >= 15 is 0 Å². The summed E-state index contributed by atoms with van der Waals surface area (Å²) in [5.41, 5.74) is 3.03. The molecule has 3 nitrogen and oxygen atoms in total. The van der Waals surface area contributed by atoms with Gasteiger partial charge in [0.05, 0.1) is 23.2 Å². The highest BCUT2D eigenvalue weighted by atomic mass is 35.5. The predicted molar refractivity (Wildman–Crippen MR) is 68.6 cm³/mol. The minimum atomic E-state index is 0.582. The van der Waals surface area contributed by atoms with Crippen molar-refractivity contribution >= 4 is 33.7 Å². The Bertz CT molecular complexity index is 712. The molecule has 0 saturated heterocycles. The normalized spacial score (nSPS) is 10.9. The second-order valence-corrected chi connectivity index (χ2v) is 4.07. The van der Waals surface area contributed by atoms with Gasteiger partial charge in [0.25, 0.3) is 0 Å². The molecule has 0 radical (unpaired) electrons. The summed E-state index contributed by atoms with van der Waals surface area (Å²) in [6.07, 6.45) is 0. The van der Waals surface area contributed by atoms with Gasteiger partial charge in [0, 0.05) is 0 Å². The number of ether oxygens (including phenoxy) is 1. The molecule has 0 saturated carbocycles. The monoisotopic (exact) mass is 244 g/mol. The van der Waals surface area contributed by atoms with Crippen LogP contribution in [0.15, 0.2) is 36.4 Å². The summed E-state index contributed by atoms with van der Waals surface area (Å²) in [5.74, 6) is 0.683. The molecule has 0 amide bonds. The van der Waals surface area contributed by atoms with Crippen LogP contribution in [-0.2, 0) is 0 Å². The van der Waals surface area contributed by atoms with Crippen molar-refractivity contribution in [3.05, 3.63) is 41.4 Å². The van der Waals surface area contributed by atoms with Crippen LogP contribution in [0, 0.1) is 0 Å². The Morgan fingerprint density at radius 3 is 2.24 bits per heavy atom. The molecule has 3 rings (SSSR count). The lowest BCUT2D eigenvalue weighted by Crippen LogP contribution is -1.92. The van der Waals surface area contributed by atoms with E-state index in [2.05, 4.69) is 9.97 Å². The molecule has 1 aromatic heterocycles. The Labute approximate surface area is 103 Å². The standard InChI is InChI=1S/C13H9ClN2O/c1-17-11-7-6-8(14)12-13(11)16-10-5-3-2-4-9(10)15-12/h2-7H,1H3. The van der Waals surface area contributed by atoms with Gasteiger partial charge < -0.3 is 4.74 Å². The van der Waals surface area contributed by atoms with E-state index in [1.54, 1.807) is 19.2 Å². The fourth-order valence-electron chi connectivity index (χ4n) is 1.81. The number of hydrogen-bond donors (Lipinski definition) is 0. The van der Waals surface area contributed by atoms with E-state index in [-0.39, 0.29) is 0 Å². The molecular weight excluding hydrogens is 236 g/mol. The third kappa shape index (κ3) is 1.59. The number of methoxy groups -OCH3 is 1. The summed E-state index contributed by atoms with van der Waals surface area (Å²) in [6, 6.07) is 11.3. The number of hydrogen-bond acceptors (Lipinski definition) is 3. The predicted octanol–water partition coefficient (Wildman–Crippen LogP) is 3.45. The van der Waals surface area contributed by atoms with Crippen LogP contribution in [0.25, 0.3) is 22.1 Å². The van der Waals surface area contributed by atoms with Gasteiger partial charge in [-0.15, -0.1) is 0 Å². The van der Waals surface area contributed by atoms with E-state index in [1.807, 2.05) is 24.3 Å². The number of nitrogens with zero attached hydrogens (tertiary/aromatic N) is 2. The number of aromatic nitrogens is 2. The first kappa shape index (κ1) is 10.3. The lowest BCUT2D eigenvalue weighted by Gasteiger charge is -2.06. The highest BCUT2D eigenvalue weighted by Crippen LogP contribution is 2.29. The average Bonchev–Trinajstić information content (AvgIpc) is 2.38. The molecular formula is C13H9ClN2O. The van der Waals surface area contributed by atoms with Crippen LogP contribution in [0.5, 0.6) is 5.75 Å². The van der Waals surface area contributed by atoms with Crippen LogP contribution < -0.4 is 4.74 Å². The maximum atomic E-state index is 6.13. The summed E-state index contributed by atoms with van der Waals surface area (Å²) in [6.45, 7) is 0. The van der Waals surface area contributed by atoms with Crippen LogP contribution in [0.1, 0.15) is 0 Å². The molecule has 0 unspecified atom stereocenters. The zero-order valence-electron chi connectivity index (χ0n) is 9.14. The van der Waals surface area contributed by atoms with Crippen molar-refractivity contribution in [3.63, 3.8) is 0 Å². The first-order valence-electron chi connectivity index (χ1n) is 5.18. The fraction of sp³-hybridized carbons (Fsp3) is 0.0769. The van der Waals surface area contributed by atoms with Crippen LogP contribution >= 0.6 is 11.6 Å².